The van der Waals surface area contributed by atoms with Gasteiger partial charge in [-0.1, -0.05) is 42.5 Å². The third-order valence-corrected chi connectivity index (χ3v) is 7.16. The molecule has 188 valence electrons. The van der Waals surface area contributed by atoms with Crippen molar-refractivity contribution in [2.24, 2.45) is 0 Å². The number of rotatable bonds is 9. The van der Waals surface area contributed by atoms with Crippen LogP contribution in [0.15, 0.2) is 67.4 Å². The number of aromatic amines is 1. The Hall–Kier alpha value is -3.42. The number of ether oxygens (including phenoxy) is 1. The summed E-state index contributed by atoms with van der Waals surface area (Å²) in [4.78, 5) is 25.8. The normalized spacial score (nSPS) is 15.4. The van der Waals surface area contributed by atoms with Gasteiger partial charge in [-0.3, -0.25) is 4.79 Å². The Morgan fingerprint density at radius 1 is 1.06 bits per heavy atom. The molecule has 0 bridgehead atoms. The number of likely N-dealkylation sites (N-methyl/N-ethyl adjacent to an activating group) is 1. The zero-order valence-corrected chi connectivity index (χ0v) is 21.2. The van der Waals surface area contributed by atoms with Crippen molar-refractivity contribution in [3.8, 4) is 11.1 Å². The predicted molar refractivity (Wildman–Crippen MR) is 143 cm³/mol. The molecule has 2 aromatic carbocycles. The van der Waals surface area contributed by atoms with Gasteiger partial charge < -0.3 is 24.1 Å². The number of carbonyl (C=O) groups is 1. The Morgan fingerprint density at radius 2 is 1.86 bits per heavy atom. The smallest absolute Gasteiger partial charge is 0.256 e. The number of amides is 1. The lowest BCUT2D eigenvalue weighted by Crippen LogP contribution is -2.47. The first-order valence-corrected chi connectivity index (χ1v) is 12.9. The van der Waals surface area contributed by atoms with Crippen molar-refractivity contribution in [2.75, 3.05) is 46.4 Å². The lowest BCUT2D eigenvalue weighted by Gasteiger charge is -2.32. The Bertz CT molecular complexity index is 1280. The maximum absolute atomic E-state index is 13.9. The first-order chi connectivity index (χ1) is 17.7. The SMILES string of the molecule is CCOCCCC(c1cnc[nH]1)n1cc(C(=O)N2CCN(C)CC2)c(-c2cccc3ccccc23)c1. The highest BCUT2D eigenvalue weighted by Gasteiger charge is 2.27. The van der Waals surface area contributed by atoms with Gasteiger partial charge in [0.1, 0.15) is 0 Å². The number of fused-ring (bicyclic) bond motifs is 1. The minimum atomic E-state index is 0.0377. The number of aromatic nitrogens is 3. The van der Waals surface area contributed by atoms with Crippen LogP contribution in [0.1, 0.15) is 41.9 Å². The maximum Gasteiger partial charge on any atom is 0.256 e. The summed E-state index contributed by atoms with van der Waals surface area (Å²) in [5.74, 6) is 0.0995. The Balaban J connectivity index is 1.58. The minimum absolute atomic E-state index is 0.0377. The number of nitrogens with one attached hydrogen (secondary N) is 1. The highest BCUT2D eigenvalue weighted by atomic mass is 16.5. The molecule has 1 N–H and O–H groups in total. The molecule has 1 aliphatic rings. The average molecular weight is 486 g/mol. The minimum Gasteiger partial charge on any atom is -0.382 e. The summed E-state index contributed by atoms with van der Waals surface area (Å²) in [6.45, 7) is 6.72. The standard InChI is InChI=1S/C29H35N5O2/c1-3-36-17-7-12-28(27-18-30-21-31-27)34-19-25(24-11-6-9-22-8-4-5-10-23(22)24)26(20-34)29(35)33-15-13-32(2)14-16-33/h4-6,8-11,18-21,28H,3,7,12-17H2,1-2H3,(H,30,31). The van der Waals surface area contributed by atoms with Crippen LogP contribution in [-0.2, 0) is 4.74 Å². The van der Waals surface area contributed by atoms with Gasteiger partial charge in [0.05, 0.1) is 29.8 Å². The van der Waals surface area contributed by atoms with E-state index in [0.717, 1.165) is 66.8 Å². The van der Waals surface area contributed by atoms with E-state index in [1.54, 1.807) is 6.33 Å². The van der Waals surface area contributed by atoms with E-state index in [0.29, 0.717) is 13.2 Å². The van der Waals surface area contributed by atoms with Crippen molar-refractivity contribution >= 4 is 16.7 Å². The first-order valence-electron chi connectivity index (χ1n) is 12.9. The molecule has 7 nitrogen and oxygen atoms in total. The molecule has 1 atom stereocenters. The topological polar surface area (TPSA) is 66.4 Å². The second-order valence-corrected chi connectivity index (χ2v) is 9.52. The van der Waals surface area contributed by atoms with Gasteiger partial charge in [-0.25, -0.2) is 4.98 Å². The van der Waals surface area contributed by atoms with Crippen molar-refractivity contribution in [3.05, 3.63) is 78.6 Å². The number of benzene rings is 2. The third kappa shape index (κ3) is 5.08. The molecule has 2 aromatic heterocycles. The summed E-state index contributed by atoms with van der Waals surface area (Å²) >= 11 is 0. The zero-order valence-electron chi connectivity index (χ0n) is 21.2. The van der Waals surface area contributed by atoms with Crippen LogP contribution in [0, 0.1) is 0 Å². The van der Waals surface area contributed by atoms with Crippen molar-refractivity contribution in [1.82, 2.24) is 24.3 Å². The van der Waals surface area contributed by atoms with E-state index in [9.17, 15) is 4.79 Å². The number of hydrogen-bond donors (Lipinski definition) is 1. The fraction of sp³-hybridized carbons (Fsp3) is 0.379. The van der Waals surface area contributed by atoms with Crippen LogP contribution in [0.3, 0.4) is 0 Å². The highest BCUT2D eigenvalue weighted by molar-refractivity contribution is 6.06. The summed E-state index contributed by atoms with van der Waals surface area (Å²) < 4.78 is 7.80. The summed E-state index contributed by atoms with van der Waals surface area (Å²) in [6.07, 6.45) is 9.59. The van der Waals surface area contributed by atoms with E-state index in [1.807, 2.05) is 24.2 Å². The van der Waals surface area contributed by atoms with Crippen LogP contribution in [0.5, 0.6) is 0 Å². The zero-order chi connectivity index (χ0) is 24.9. The molecule has 36 heavy (non-hydrogen) atoms. The molecule has 1 aliphatic heterocycles. The van der Waals surface area contributed by atoms with E-state index < -0.39 is 0 Å². The number of imidazole rings is 1. The fourth-order valence-corrected chi connectivity index (χ4v) is 5.12. The number of carbonyl (C=O) groups excluding carboxylic acids is 1. The molecule has 1 fully saturated rings. The molecule has 7 heteroatoms. The lowest BCUT2D eigenvalue weighted by atomic mass is 9.97. The van der Waals surface area contributed by atoms with Crippen LogP contribution in [0.4, 0.5) is 0 Å². The second-order valence-electron chi connectivity index (χ2n) is 9.52. The molecule has 0 saturated carbocycles. The van der Waals surface area contributed by atoms with Gasteiger partial charge in [0.15, 0.2) is 0 Å². The van der Waals surface area contributed by atoms with Gasteiger partial charge >= 0.3 is 0 Å². The van der Waals surface area contributed by atoms with Gasteiger partial charge in [0, 0.05) is 57.3 Å². The largest absolute Gasteiger partial charge is 0.382 e. The van der Waals surface area contributed by atoms with E-state index in [2.05, 4.69) is 75.1 Å². The molecule has 5 rings (SSSR count). The molecule has 4 aromatic rings. The van der Waals surface area contributed by atoms with Crippen molar-refractivity contribution in [2.45, 2.75) is 25.8 Å². The van der Waals surface area contributed by atoms with Crippen molar-refractivity contribution < 1.29 is 9.53 Å². The summed E-state index contributed by atoms with van der Waals surface area (Å²) in [5, 5.41) is 2.32. The molecule has 1 saturated heterocycles. The van der Waals surface area contributed by atoms with Gasteiger partial charge in [-0.15, -0.1) is 0 Å². The highest BCUT2D eigenvalue weighted by Crippen LogP contribution is 2.35. The molecular weight excluding hydrogens is 450 g/mol. The van der Waals surface area contributed by atoms with Gasteiger partial charge in [0.2, 0.25) is 0 Å². The number of nitrogens with zero attached hydrogens (tertiary/aromatic N) is 4. The Kier molecular flexibility index (Phi) is 7.49. The monoisotopic (exact) mass is 485 g/mol. The lowest BCUT2D eigenvalue weighted by molar-refractivity contribution is 0.0664. The number of piperazine rings is 1. The molecule has 0 aliphatic carbocycles. The van der Waals surface area contributed by atoms with Crippen molar-refractivity contribution in [1.29, 1.82) is 0 Å². The molecule has 1 amide bonds. The van der Waals surface area contributed by atoms with Crippen LogP contribution in [0.25, 0.3) is 21.9 Å². The van der Waals surface area contributed by atoms with Crippen molar-refractivity contribution in [3.63, 3.8) is 0 Å². The van der Waals surface area contributed by atoms with Gasteiger partial charge in [0.25, 0.3) is 5.91 Å². The molecule has 1 unspecified atom stereocenters. The third-order valence-electron chi connectivity index (χ3n) is 7.16. The summed E-state index contributed by atoms with van der Waals surface area (Å²) in [6, 6.07) is 14.7. The number of H-pyrrole nitrogens is 1. The van der Waals surface area contributed by atoms with E-state index in [4.69, 9.17) is 4.74 Å². The van der Waals surface area contributed by atoms with E-state index in [-0.39, 0.29) is 11.9 Å². The maximum atomic E-state index is 13.9. The summed E-state index contributed by atoms with van der Waals surface area (Å²) in [5.41, 5.74) is 3.85. The van der Waals surface area contributed by atoms with Gasteiger partial charge in [-0.2, -0.15) is 0 Å². The van der Waals surface area contributed by atoms with Crippen LogP contribution in [-0.4, -0.2) is 76.7 Å². The first kappa shape index (κ1) is 24.3. The van der Waals surface area contributed by atoms with Crippen LogP contribution >= 0.6 is 0 Å². The fourth-order valence-electron chi connectivity index (χ4n) is 5.12. The van der Waals surface area contributed by atoms with Crippen LogP contribution < -0.4 is 0 Å². The molecule has 3 heterocycles. The number of hydrogen-bond acceptors (Lipinski definition) is 4. The predicted octanol–water partition coefficient (Wildman–Crippen LogP) is 4.83. The Morgan fingerprint density at radius 3 is 2.64 bits per heavy atom. The van der Waals surface area contributed by atoms with E-state index >= 15 is 0 Å². The Labute approximate surface area is 212 Å². The quantitative estimate of drug-likeness (QED) is 0.345. The second kappa shape index (κ2) is 11.1. The average Bonchev–Trinajstić information content (AvgIpc) is 3.59. The molecular formula is C29H35N5O2. The molecule has 0 spiro atoms. The van der Waals surface area contributed by atoms with Gasteiger partial charge in [-0.05, 0) is 43.1 Å². The summed E-state index contributed by atoms with van der Waals surface area (Å²) in [7, 11) is 2.11. The van der Waals surface area contributed by atoms with E-state index in [1.165, 1.54) is 5.39 Å². The molecule has 0 radical (unpaired) electrons. The van der Waals surface area contributed by atoms with Crippen LogP contribution in [0.2, 0.25) is 0 Å².